The van der Waals surface area contributed by atoms with E-state index < -0.39 is 5.97 Å². The van der Waals surface area contributed by atoms with Crippen molar-refractivity contribution in [1.29, 1.82) is 0 Å². The van der Waals surface area contributed by atoms with Crippen LogP contribution < -0.4 is 0 Å². The summed E-state index contributed by atoms with van der Waals surface area (Å²) in [7, 11) is 1.34. The van der Waals surface area contributed by atoms with Crippen LogP contribution in [0.15, 0.2) is 42.6 Å². The fraction of sp³-hybridized carbons (Fsp3) is 0.375. The molecule has 4 nitrogen and oxygen atoms in total. The molecule has 0 amide bonds. The maximum absolute atomic E-state index is 11.5. The molecular weight excluding hydrogens is 252 g/mol. The summed E-state index contributed by atoms with van der Waals surface area (Å²) < 4.78 is 6.39. The Morgan fingerprint density at radius 3 is 2.80 bits per heavy atom. The van der Waals surface area contributed by atoms with Crippen LogP contribution >= 0.6 is 0 Å². The highest BCUT2D eigenvalue weighted by Crippen LogP contribution is 2.13. The molecule has 0 saturated heterocycles. The Balaban J connectivity index is 3.08. The summed E-state index contributed by atoms with van der Waals surface area (Å²) in [5.74, 6) is 0.0183. The first kappa shape index (κ1) is 16.0. The SMILES string of the molecule is C=C(/C=C(\C=C/C(C)CC)n1ccc(C)n1)C(=O)OC. The minimum absolute atomic E-state index is 0.296. The highest BCUT2D eigenvalue weighted by atomic mass is 16.5. The predicted octanol–water partition coefficient (Wildman–Crippen LogP) is 3.36. The molecular formula is C16H22N2O2. The zero-order valence-corrected chi connectivity index (χ0v) is 12.6. The van der Waals surface area contributed by atoms with E-state index in [4.69, 9.17) is 0 Å². The summed E-state index contributed by atoms with van der Waals surface area (Å²) in [5.41, 5.74) is 2.00. The van der Waals surface area contributed by atoms with Gasteiger partial charge in [-0.05, 0) is 31.1 Å². The van der Waals surface area contributed by atoms with Crippen LogP contribution in [0.5, 0.6) is 0 Å². The highest BCUT2D eigenvalue weighted by Gasteiger charge is 2.07. The van der Waals surface area contributed by atoms with Crippen LogP contribution in [0.4, 0.5) is 0 Å². The molecule has 0 spiro atoms. The first-order valence-corrected chi connectivity index (χ1v) is 6.67. The number of allylic oxidation sites excluding steroid dienone is 3. The van der Waals surface area contributed by atoms with Crippen LogP contribution in [0.3, 0.4) is 0 Å². The number of hydrogen-bond donors (Lipinski definition) is 0. The summed E-state index contributed by atoms with van der Waals surface area (Å²) in [6.07, 6.45) is 8.63. The number of rotatable bonds is 6. The maximum Gasteiger partial charge on any atom is 0.337 e. The molecule has 0 aromatic carbocycles. The van der Waals surface area contributed by atoms with E-state index >= 15 is 0 Å². The topological polar surface area (TPSA) is 44.1 Å². The van der Waals surface area contributed by atoms with Crippen molar-refractivity contribution in [2.45, 2.75) is 27.2 Å². The number of ether oxygens (including phenoxy) is 1. The third-order valence-electron chi connectivity index (χ3n) is 3.00. The predicted molar refractivity (Wildman–Crippen MR) is 81.0 cm³/mol. The first-order valence-electron chi connectivity index (χ1n) is 6.67. The van der Waals surface area contributed by atoms with Gasteiger partial charge in [-0.25, -0.2) is 9.48 Å². The smallest absolute Gasteiger partial charge is 0.337 e. The van der Waals surface area contributed by atoms with E-state index in [0.717, 1.165) is 17.8 Å². The second-order valence-electron chi connectivity index (χ2n) is 4.73. The van der Waals surface area contributed by atoms with Crippen LogP contribution in [0, 0.1) is 12.8 Å². The lowest BCUT2D eigenvalue weighted by atomic mass is 10.1. The molecule has 108 valence electrons. The standard InChI is InChI=1S/C16H22N2O2/c1-6-12(2)7-8-15(11-13(3)16(19)20-5)18-10-9-14(4)17-18/h7-12H,3,6H2,1-2,4-5H3/b8-7-,15-11+. The van der Waals surface area contributed by atoms with Gasteiger partial charge in [-0.3, -0.25) is 0 Å². The van der Waals surface area contributed by atoms with Crippen LogP contribution in [0.2, 0.25) is 0 Å². The molecule has 4 heteroatoms. The molecule has 1 aromatic rings. The monoisotopic (exact) mass is 274 g/mol. The zero-order chi connectivity index (χ0) is 15.1. The molecule has 1 unspecified atom stereocenters. The fourth-order valence-electron chi connectivity index (χ4n) is 1.52. The lowest BCUT2D eigenvalue weighted by Crippen LogP contribution is -2.04. The Morgan fingerprint density at radius 2 is 2.30 bits per heavy atom. The normalized spacial score (nSPS) is 13.5. The maximum atomic E-state index is 11.5. The van der Waals surface area contributed by atoms with Crippen LogP contribution in [-0.2, 0) is 9.53 Å². The zero-order valence-electron chi connectivity index (χ0n) is 12.6. The quantitative estimate of drug-likeness (QED) is 0.454. The van der Waals surface area contributed by atoms with E-state index in [1.165, 1.54) is 7.11 Å². The number of aromatic nitrogens is 2. The minimum atomic E-state index is -0.441. The van der Waals surface area contributed by atoms with Gasteiger partial charge in [0.05, 0.1) is 24.1 Å². The van der Waals surface area contributed by atoms with Crippen LogP contribution in [0.1, 0.15) is 26.0 Å². The molecule has 1 rings (SSSR count). The van der Waals surface area contributed by atoms with Gasteiger partial charge < -0.3 is 4.74 Å². The van der Waals surface area contributed by atoms with E-state index in [-0.39, 0.29) is 0 Å². The Bertz CT molecular complexity index is 538. The van der Waals surface area contributed by atoms with Gasteiger partial charge in [0.25, 0.3) is 0 Å². The van der Waals surface area contributed by atoms with Gasteiger partial charge in [0.15, 0.2) is 0 Å². The van der Waals surface area contributed by atoms with E-state index in [1.54, 1.807) is 10.8 Å². The Morgan fingerprint density at radius 1 is 1.60 bits per heavy atom. The van der Waals surface area contributed by atoms with Gasteiger partial charge in [0.2, 0.25) is 0 Å². The number of carbonyl (C=O) groups is 1. The molecule has 0 radical (unpaired) electrons. The van der Waals surface area contributed by atoms with Gasteiger partial charge >= 0.3 is 5.97 Å². The van der Waals surface area contributed by atoms with Gasteiger partial charge in [0, 0.05) is 6.20 Å². The van der Waals surface area contributed by atoms with Crippen molar-refractivity contribution >= 4 is 11.7 Å². The average molecular weight is 274 g/mol. The third-order valence-corrected chi connectivity index (χ3v) is 3.00. The molecule has 1 heterocycles. The number of esters is 1. The fourth-order valence-corrected chi connectivity index (χ4v) is 1.52. The number of methoxy groups -OCH3 is 1. The van der Waals surface area contributed by atoms with Crippen molar-refractivity contribution in [3.05, 3.63) is 48.3 Å². The molecule has 0 saturated carbocycles. The second-order valence-corrected chi connectivity index (χ2v) is 4.73. The number of carbonyl (C=O) groups excluding carboxylic acids is 1. The average Bonchev–Trinajstić information content (AvgIpc) is 2.88. The van der Waals surface area contributed by atoms with Crippen LogP contribution in [-0.4, -0.2) is 22.9 Å². The second kappa shape index (κ2) is 7.48. The lowest BCUT2D eigenvalue weighted by molar-refractivity contribution is -0.135. The lowest BCUT2D eigenvalue weighted by Gasteiger charge is -2.06. The van der Waals surface area contributed by atoms with Crippen LogP contribution in [0.25, 0.3) is 5.70 Å². The van der Waals surface area contributed by atoms with Gasteiger partial charge in [-0.15, -0.1) is 0 Å². The molecule has 0 bridgehead atoms. The molecule has 0 aliphatic carbocycles. The Kier molecular flexibility index (Phi) is 5.97. The van der Waals surface area contributed by atoms with Gasteiger partial charge in [0.1, 0.15) is 0 Å². The van der Waals surface area contributed by atoms with E-state index in [1.807, 2.05) is 25.3 Å². The van der Waals surface area contributed by atoms with E-state index in [2.05, 4.69) is 36.3 Å². The molecule has 0 N–H and O–H groups in total. The molecule has 1 aromatic heterocycles. The van der Waals surface area contributed by atoms with Crippen molar-refractivity contribution < 1.29 is 9.53 Å². The highest BCUT2D eigenvalue weighted by molar-refractivity contribution is 5.92. The molecule has 1 atom stereocenters. The summed E-state index contributed by atoms with van der Waals surface area (Å²) in [6, 6.07) is 1.91. The van der Waals surface area contributed by atoms with Crippen molar-refractivity contribution in [2.75, 3.05) is 7.11 Å². The largest absolute Gasteiger partial charge is 0.465 e. The molecule has 0 aliphatic heterocycles. The molecule has 0 fully saturated rings. The molecule has 0 aliphatic rings. The Hall–Kier alpha value is -2.10. The summed E-state index contributed by atoms with van der Waals surface area (Å²) in [5, 5.41) is 4.36. The van der Waals surface area contributed by atoms with Gasteiger partial charge in [-0.1, -0.05) is 32.9 Å². The van der Waals surface area contributed by atoms with E-state index in [0.29, 0.717) is 11.5 Å². The summed E-state index contributed by atoms with van der Waals surface area (Å²) in [6.45, 7) is 9.90. The third kappa shape index (κ3) is 4.53. The van der Waals surface area contributed by atoms with Crippen molar-refractivity contribution in [2.24, 2.45) is 5.92 Å². The first-order chi connectivity index (χ1) is 9.47. The van der Waals surface area contributed by atoms with Crippen molar-refractivity contribution in [3.8, 4) is 0 Å². The minimum Gasteiger partial charge on any atom is -0.465 e. The van der Waals surface area contributed by atoms with Gasteiger partial charge in [-0.2, -0.15) is 5.10 Å². The Labute approximate surface area is 120 Å². The number of nitrogens with zero attached hydrogens (tertiary/aromatic N) is 2. The van der Waals surface area contributed by atoms with E-state index in [9.17, 15) is 4.79 Å². The van der Waals surface area contributed by atoms with Crippen molar-refractivity contribution in [1.82, 2.24) is 9.78 Å². The molecule has 20 heavy (non-hydrogen) atoms. The number of hydrogen-bond acceptors (Lipinski definition) is 3. The van der Waals surface area contributed by atoms with Crippen molar-refractivity contribution in [3.63, 3.8) is 0 Å². The number of aryl methyl sites for hydroxylation is 1. The summed E-state index contributed by atoms with van der Waals surface area (Å²) >= 11 is 0. The summed E-state index contributed by atoms with van der Waals surface area (Å²) in [4.78, 5) is 11.5.